The molecule has 0 spiro atoms. The second-order valence-corrected chi connectivity index (χ2v) is 7.03. The highest BCUT2D eigenvalue weighted by atomic mass is 16.5. The highest BCUT2D eigenvalue weighted by Gasteiger charge is 2.12. The number of benzene rings is 2. The topological polar surface area (TPSA) is 76.1 Å². The summed E-state index contributed by atoms with van der Waals surface area (Å²) in [7, 11) is 1.73. The zero-order chi connectivity index (χ0) is 21.1. The van der Waals surface area contributed by atoms with E-state index >= 15 is 0 Å². The molecule has 1 amide bonds. The van der Waals surface area contributed by atoms with Gasteiger partial charge in [-0.25, -0.2) is 0 Å². The number of amides is 1. The molecule has 4 rings (SSSR count). The van der Waals surface area contributed by atoms with E-state index in [0.29, 0.717) is 24.2 Å². The average Bonchev–Trinajstić information content (AvgIpc) is 3.26. The second-order valence-electron chi connectivity index (χ2n) is 7.03. The number of rotatable bonds is 6. The Morgan fingerprint density at radius 2 is 1.87 bits per heavy atom. The first-order chi connectivity index (χ1) is 14.6. The summed E-state index contributed by atoms with van der Waals surface area (Å²) in [5, 5.41) is 3.81. The molecule has 4 aromatic rings. The first-order valence-electron chi connectivity index (χ1n) is 9.84. The minimum atomic E-state index is -0.153. The molecular weight excluding hydrogens is 378 g/mol. The van der Waals surface area contributed by atoms with Gasteiger partial charge in [-0.15, -0.1) is 0 Å². The van der Waals surface area contributed by atoms with Gasteiger partial charge in [0.2, 0.25) is 0 Å². The SMILES string of the molecule is CCOc1ccccc1CNC(=O)c1ccc(-c2cn(C)c(=O)c3[nH]ccc23)cc1. The standard InChI is InChI=1S/C24H23N3O3/c1-3-30-21-7-5-4-6-18(21)14-26-23(28)17-10-8-16(9-11-17)20-15-27(2)24(29)22-19(20)12-13-25-22/h4-13,15,25H,3,14H2,1-2H3,(H,26,28). The molecule has 0 saturated heterocycles. The number of fused-ring (bicyclic) bond motifs is 1. The van der Waals surface area contributed by atoms with Gasteiger partial charge in [-0.05, 0) is 36.8 Å². The molecule has 2 aromatic carbocycles. The van der Waals surface area contributed by atoms with Gasteiger partial charge in [0, 0.05) is 48.1 Å². The minimum absolute atomic E-state index is 0.0675. The van der Waals surface area contributed by atoms with Crippen molar-refractivity contribution in [1.29, 1.82) is 0 Å². The maximum absolute atomic E-state index is 12.6. The summed E-state index contributed by atoms with van der Waals surface area (Å²) in [6.45, 7) is 2.90. The Labute approximate surface area is 174 Å². The fourth-order valence-electron chi connectivity index (χ4n) is 3.52. The number of carbonyl (C=O) groups excluding carboxylic acids is 1. The number of H-pyrrole nitrogens is 1. The summed E-state index contributed by atoms with van der Waals surface area (Å²) in [5.74, 6) is 0.626. The molecule has 30 heavy (non-hydrogen) atoms. The van der Waals surface area contributed by atoms with E-state index in [-0.39, 0.29) is 11.5 Å². The first-order valence-corrected chi connectivity index (χ1v) is 9.84. The molecule has 0 aliphatic rings. The molecule has 0 aliphatic carbocycles. The van der Waals surface area contributed by atoms with E-state index in [9.17, 15) is 9.59 Å². The van der Waals surface area contributed by atoms with Crippen LogP contribution in [0.4, 0.5) is 0 Å². The molecule has 6 nitrogen and oxygen atoms in total. The molecule has 0 radical (unpaired) electrons. The lowest BCUT2D eigenvalue weighted by molar-refractivity contribution is 0.0950. The minimum Gasteiger partial charge on any atom is -0.494 e. The van der Waals surface area contributed by atoms with Crippen LogP contribution >= 0.6 is 0 Å². The van der Waals surface area contributed by atoms with Crippen LogP contribution in [0.25, 0.3) is 22.0 Å². The number of aromatic nitrogens is 2. The Morgan fingerprint density at radius 3 is 2.63 bits per heavy atom. The van der Waals surface area contributed by atoms with E-state index in [4.69, 9.17) is 4.74 Å². The van der Waals surface area contributed by atoms with Gasteiger partial charge in [-0.3, -0.25) is 9.59 Å². The summed E-state index contributed by atoms with van der Waals surface area (Å²) in [4.78, 5) is 27.8. The van der Waals surface area contributed by atoms with E-state index in [1.165, 1.54) is 0 Å². The lowest BCUT2D eigenvalue weighted by atomic mass is 10.0. The van der Waals surface area contributed by atoms with E-state index in [1.807, 2.05) is 55.6 Å². The van der Waals surface area contributed by atoms with Gasteiger partial charge in [-0.1, -0.05) is 30.3 Å². The molecule has 0 unspecified atom stereocenters. The molecular formula is C24H23N3O3. The Hall–Kier alpha value is -3.80. The Bertz CT molecular complexity index is 1250. The Balaban J connectivity index is 1.53. The number of hydrogen-bond donors (Lipinski definition) is 2. The number of nitrogens with one attached hydrogen (secondary N) is 2. The molecule has 2 aromatic heterocycles. The zero-order valence-corrected chi connectivity index (χ0v) is 16.9. The summed E-state index contributed by atoms with van der Waals surface area (Å²) in [5.41, 5.74) is 3.89. The van der Waals surface area contributed by atoms with Crippen molar-refractivity contribution in [3.63, 3.8) is 0 Å². The predicted octanol–water partition coefficient (Wildman–Crippen LogP) is 3.86. The first kappa shape index (κ1) is 19.5. The number of para-hydroxylation sites is 1. The van der Waals surface area contributed by atoms with Crippen molar-refractivity contribution in [2.24, 2.45) is 7.05 Å². The zero-order valence-electron chi connectivity index (χ0n) is 16.9. The highest BCUT2D eigenvalue weighted by Crippen LogP contribution is 2.26. The maximum atomic E-state index is 12.6. The van der Waals surface area contributed by atoms with Crippen molar-refractivity contribution in [3.05, 3.63) is 88.5 Å². The maximum Gasteiger partial charge on any atom is 0.274 e. The van der Waals surface area contributed by atoms with Crippen molar-refractivity contribution < 1.29 is 9.53 Å². The Morgan fingerprint density at radius 1 is 1.10 bits per heavy atom. The van der Waals surface area contributed by atoms with Gasteiger partial charge in [0.25, 0.3) is 11.5 Å². The van der Waals surface area contributed by atoms with Crippen molar-refractivity contribution >= 4 is 16.8 Å². The van der Waals surface area contributed by atoms with E-state index in [2.05, 4.69) is 10.3 Å². The third-order valence-electron chi connectivity index (χ3n) is 5.06. The molecule has 0 bridgehead atoms. The van der Waals surface area contributed by atoms with E-state index < -0.39 is 0 Å². The molecule has 2 heterocycles. The third kappa shape index (κ3) is 3.72. The predicted molar refractivity (Wildman–Crippen MR) is 118 cm³/mol. The third-order valence-corrected chi connectivity index (χ3v) is 5.06. The average molecular weight is 401 g/mol. The van der Waals surface area contributed by atoms with Crippen molar-refractivity contribution in [2.45, 2.75) is 13.5 Å². The molecule has 0 aliphatic heterocycles. The fraction of sp³-hybridized carbons (Fsp3) is 0.167. The molecule has 152 valence electrons. The number of ether oxygens (including phenoxy) is 1. The van der Waals surface area contributed by atoms with Crippen LogP contribution in [0.15, 0.2) is 71.8 Å². The van der Waals surface area contributed by atoms with Crippen LogP contribution in [0.2, 0.25) is 0 Å². The van der Waals surface area contributed by atoms with Crippen molar-refractivity contribution in [3.8, 4) is 16.9 Å². The fourth-order valence-corrected chi connectivity index (χ4v) is 3.52. The Kier molecular flexibility index (Phi) is 5.39. The van der Waals surface area contributed by atoms with Gasteiger partial charge >= 0.3 is 0 Å². The highest BCUT2D eigenvalue weighted by molar-refractivity contribution is 5.97. The van der Waals surface area contributed by atoms with E-state index in [1.54, 1.807) is 29.9 Å². The van der Waals surface area contributed by atoms with Gasteiger partial charge in [0.1, 0.15) is 11.3 Å². The monoisotopic (exact) mass is 401 g/mol. The van der Waals surface area contributed by atoms with Crippen LogP contribution in [0.3, 0.4) is 0 Å². The van der Waals surface area contributed by atoms with Crippen LogP contribution in [0, 0.1) is 0 Å². The van der Waals surface area contributed by atoms with E-state index in [0.717, 1.165) is 27.8 Å². The number of carbonyl (C=O) groups is 1. The normalized spacial score (nSPS) is 10.9. The summed E-state index contributed by atoms with van der Waals surface area (Å²) in [6, 6.07) is 17.0. The molecule has 0 saturated carbocycles. The van der Waals surface area contributed by atoms with Gasteiger partial charge in [0.15, 0.2) is 0 Å². The van der Waals surface area contributed by atoms with Crippen LogP contribution in [0.5, 0.6) is 5.75 Å². The molecule has 2 N–H and O–H groups in total. The summed E-state index contributed by atoms with van der Waals surface area (Å²) < 4.78 is 7.17. The second kappa shape index (κ2) is 8.29. The lowest BCUT2D eigenvalue weighted by Gasteiger charge is -2.11. The summed E-state index contributed by atoms with van der Waals surface area (Å²) in [6.07, 6.45) is 3.58. The molecule has 6 heteroatoms. The van der Waals surface area contributed by atoms with Crippen LogP contribution in [0.1, 0.15) is 22.8 Å². The van der Waals surface area contributed by atoms with Gasteiger partial charge in [-0.2, -0.15) is 0 Å². The number of aromatic amines is 1. The van der Waals surface area contributed by atoms with Gasteiger partial charge in [0.05, 0.1) is 6.61 Å². The lowest BCUT2D eigenvalue weighted by Crippen LogP contribution is -2.23. The number of hydrogen-bond acceptors (Lipinski definition) is 3. The van der Waals surface area contributed by atoms with Crippen LogP contribution in [-0.4, -0.2) is 22.1 Å². The number of aryl methyl sites for hydroxylation is 1. The number of pyridine rings is 1. The largest absolute Gasteiger partial charge is 0.494 e. The van der Waals surface area contributed by atoms with Crippen molar-refractivity contribution in [1.82, 2.24) is 14.9 Å². The number of nitrogens with zero attached hydrogens (tertiary/aromatic N) is 1. The van der Waals surface area contributed by atoms with Crippen LogP contribution in [-0.2, 0) is 13.6 Å². The quantitative estimate of drug-likeness (QED) is 0.515. The molecule has 0 fully saturated rings. The van der Waals surface area contributed by atoms with Gasteiger partial charge < -0.3 is 19.6 Å². The van der Waals surface area contributed by atoms with Crippen molar-refractivity contribution in [2.75, 3.05) is 6.61 Å². The smallest absolute Gasteiger partial charge is 0.274 e. The summed E-state index contributed by atoms with van der Waals surface area (Å²) >= 11 is 0. The van der Waals surface area contributed by atoms with Crippen LogP contribution < -0.4 is 15.6 Å². The molecule has 0 atom stereocenters.